The third kappa shape index (κ3) is 8.67. The SMILES string of the molecule is Cc1ccc(S(=O)(=O)O)cc1.NC(Cc1ccc(F)cc1)C(=O)OCc1ccccc1. The summed E-state index contributed by atoms with van der Waals surface area (Å²) in [6.45, 7) is 2.05. The molecule has 0 aromatic heterocycles. The van der Waals surface area contributed by atoms with Gasteiger partial charge in [0, 0.05) is 0 Å². The molecule has 164 valence electrons. The zero-order valence-electron chi connectivity index (χ0n) is 16.9. The number of aryl methyl sites for hydroxylation is 1. The second kappa shape index (κ2) is 11.4. The first-order valence-corrected chi connectivity index (χ1v) is 10.8. The molecule has 3 aromatic carbocycles. The smallest absolute Gasteiger partial charge is 0.323 e. The van der Waals surface area contributed by atoms with Crippen molar-refractivity contribution in [1.82, 2.24) is 0 Å². The quantitative estimate of drug-likeness (QED) is 0.443. The number of hydrogen-bond donors (Lipinski definition) is 2. The van der Waals surface area contributed by atoms with Crippen molar-refractivity contribution < 1.29 is 26.9 Å². The summed E-state index contributed by atoms with van der Waals surface area (Å²) >= 11 is 0. The molecule has 31 heavy (non-hydrogen) atoms. The van der Waals surface area contributed by atoms with E-state index in [4.69, 9.17) is 15.0 Å². The summed E-state index contributed by atoms with van der Waals surface area (Å²) < 4.78 is 47.5. The lowest BCUT2D eigenvalue weighted by Crippen LogP contribution is -2.34. The zero-order valence-corrected chi connectivity index (χ0v) is 17.8. The van der Waals surface area contributed by atoms with Crippen molar-refractivity contribution >= 4 is 16.1 Å². The summed E-state index contributed by atoms with van der Waals surface area (Å²) in [6.07, 6.45) is 0.327. The van der Waals surface area contributed by atoms with Crippen molar-refractivity contribution in [2.24, 2.45) is 5.73 Å². The van der Waals surface area contributed by atoms with E-state index in [0.717, 1.165) is 16.7 Å². The molecule has 0 bridgehead atoms. The van der Waals surface area contributed by atoms with Crippen molar-refractivity contribution in [3.8, 4) is 0 Å². The molecule has 0 heterocycles. The second-order valence-electron chi connectivity index (χ2n) is 6.82. The Bertz CT molecular complexity index is 1070. The molecule has 0 fully saturated rings. The van der Waals surface area contributed by atoms with E-state index in [-0.39, 0.29) is 17.3 Å². The molecule has 0 saturated heterocycles. The monoisotopic (exact) mass is 445 g/mol. The molecule has 0 radical (unpaired) electrons. The molecule has 1 unspecified atom stereocenters. The van der Waals surface area contributed by atoms with Gasteiger partial charge in [-0.15, -0.1) is 0 Å². The van der Waals surface area contributed by atoms with E-state index in [1.807, 2.05) is 37.3 Å². The first-order valence-electron chi connectivity index (χ1n) is 9.40. The third-order valence-electron chi connectivity index (χ3n) is 4.21. The predicted octanol–water partition coefficient (Wildman–Crippen LogP) is 3.68. The highest BCUT2D eigenvalue weighted by molar-refractivity contribution is 7.85. The normalized spacial score (nSPS) is 11.7. The van der Waals surface area contributed by atoms with Gasteiger partial charge in [0.25, 0.3) is 10.1 Å². The van der Waals surface area contributed by atoms with Gasteiger partial charge in [0.15, 0.2) is 0 Å². The number of rotatable bonds is 6. The fourth-order valence-corrected chi connectivity index (χ4v) is 2.98. The number of hydrogen-bond acceptors (Lipinski definition) is 5. The molecule has 3 rings (SSSR count). The summed E-state index contributed by atoms with van der Waals surface area (Å²) in [5.74, 6) is -0.771. The van der Waals surface area contributed by atoms with Crippen molar-refractivity contribution in [2.75, 3.05) is 0 Å². The van der Waals surface area contributed by atoms with E-state index < -0.39 is 22.1 Å². The van der Waals surface area contributed by atoms with Gasteiger partial charge in [-0.3, -0.25) is 9.35 Å². The van der Waals surface area contributed by atoms with Crippen LogP contribution in [0, 0.1) is 12.7 Å². The van der Waals surface area contributed by atoms with Gasteiger partial charge in [0.05, 0.1) is 4.90 Å². The number of esters is 1. The van der Waals surface area contributed by atoms with Gasteiger partial charge in [-0.1, -0.05) is 60.2 Å². The van der Waals surface area contributed by atoms with Gasteiger partial charge in [-0.05, 0) is 48.7 Å². The summed E-state index contributed by atoms with van der Waals surface area (Å²) in [4.78, 5) is 11.7. The Labute approximate surface area is 181 Å². The lowest BCUT2D eigenvalue weighted by Gasteiger charge is -2.11. The maximum atomic E-state index is 12.8. The third-order valence-corrected chi connectivity index (χ3v) is 5.08. The van der Waals surface area contributed by atoms with Gasteiger partial charge < -0.3 is 10.5 Å². The summed E-state index contributed by atoms with van der Waals surface area (Å²) in [7, 11) is -4.02. The molecule has 0 aliphatic rings. The maximum absolute atomic E-state index is 12.8. The van der Waals surface area contributed by atoms with E-state index in [9.17, 15) is 17.6 Å². The first-order chi connectivity index (χ1) is 14.6. The van der Waals surface area contributed by atoms with Gasteiger partial charge in [-0.25, -0.2) is 4.39 Å². The molecule has 0 aliphatic carbocycles. The lowest BCUT2D eigenvalue weighted by molar-refractivity contribution is -0.146. The molecule has 0 aliphatic heterocycles. The number of ether oxygens (including phenoxy) is 1. The van der Waals surface area contributed by atoms with Crippen LogP contribution in [0.4, 0.5) is 4.39 Å². The van der Waals surface area contributed by atoms with Crippen LogP contribution in [0.5, 0.6) is 0 Å². The summed E-state index contributed by atoms with van der Waals surface area (Å²) in [5, 5.41) is 0. The standard InChI is InChI=1S/C16H16FNO2.C7H8O3S/c17-14-8-6-12(7-9-14)10-15(18)16(19)20-11-13-4-2-1-3-5-13;1-6-2-4-7(5-3-6)11(8,9)10/h1-9,15H,10-11,18H2;2-5H,1H3,(H,8,9,10). The number of carbonyl (C=O) groups excluding carboxylic acids is 1. The van der Waals surface area contributed by atoms with E-state index in [1.54, 1.807) is 24.3 Å². The molecule has 3 N–H and O–H groups in total. The molecule has 8 heteroatoms. The molecule has 0 amide bonds. The van der Waals surface area contributed by atoms with Crippen LogP contribution in [0.15, 0.2) is 83.8 Å². The molecular formula is C23H24FNO5S. The van der Waals surface area contributed by atoms with Crippen molar-refractivity contribution in [3.63, 3.8) is 0 Å². The maximum Gasteiger partial charge on any atom is 0.323 e. The summed E-state index contributed by atoms with van der Waals surface area (Å²) in [6, 6.07) is 20.5. The number of nitrogens with two attached hydrogens (primary N) is 1. The van der Waals surface area contributed by atoms with Gasteiger partial charge in [-0.2, -0.15) is 8.42 Å². The van der Waals surface area contributed by atoms with Crippen LogP contribution in [0.3, 0.4) is 0 Å². The second-order valence-corrected chi connectivity index (χ2v) is 8.24. The summed E-state index contributed by atoms with van der Waals surface area (Å²) in [5.41, 5.74) is 8.45. The molecule has 3 aromatic rings. The average Bonchev–Trinajstić information content (AvgIpc) is 2.74. The average molecular weight is 446 g/mol. The minimum absolute atomic E-state index is 0.0666. The van der Waals surface area contributed by atoms with E-state index in [2.05, 4.69) is 0 Å². The van der Waals surface area contributed by atoms with Crippen LogP contribution < -0.4 is 5.73 Å². The Hall–Kier alpha value is -3.07. The largest absolute Gasteiger partial charge is 0.460 e. The fourth-order valence-electron chi connectivity index (χ4n) is 2.50. The highest BCUT2D eigenvalue weighted by Gasteiger charge is 2.15. The highest BCUT2D eigenvalue weighted by Crippen LogP contribution is 2.09. The van der Waals surface area contributed by atoms with E-state index in [0.29, 0.717) is 6.42 Å². The van der Waals surface area contributed by atoms with Crippen molar-refractivity contribution in [1.29, 1.82) is 0 Å². The fraction of sp³-hybridized carbons (Fsp3) is 0.174. The topological polar surface area (TPSA) is 107 Å². The van der Waals surface area contributed by atoms with Crippen LogP contribution in [0.1, 0.15) is 16.7 Å². The van der Waals surface area contributed by atoms with E-state index in [1.165, 1.54) is 24.3 Å². The first kappa shape index (κ1) is 24.2. The Morgan fingerprint density at radius 1 is 0.968 bits per heavy atom. The Kier molecular flexibility index (Phi) is 8.87. The van der Waals surface area contributed by atoms with Crippen LogP contribution in [0.25, 0.3) is 0 Å². The van der Waals surface area contributed by atoms with Crippen LogP contribution >= 0.6 is 0 Å². The van der Waals surface area contributed by atoms with Crippen molar-refractivity contribution in [2.45, 2.75) is 30.9 Å². The Morgan fingerprint density at radius 3 is 2.10 bits per heavy atom. The lowest BCUT2D eigenvalue weighted by atomic mass is 10.1. The molecular weight excluding hydrogens is 421 g/mol. The minimum atomic E-state index is -4.02. The highest BCUT2D eigenvalue weighted by atomic mass is 32.2. The molecule has 6 nitrogen and oxygen atoms in total. The van der Waals surface area contributed by atoms with Gasteiger partial charge in [0.1, 0.15) is 18.5 Å². The molecule has 0 spiro atoms. The molecule has 0 saturated carbocycles. The van der Waals surface area contributed by atoms with Gasteiger partial charge >= 0.3 is 5.97 Å². The Balaban J connectivity index is 0.000000262. The van der Waals surface area contributed by atoms with E-state index >= 15 is 0 Å². The van der Waals surface area contributed by atoms with Crippen LogP contribution in [0.2, 0.25) is 0 Å². The van der Waals surface area contributed by atoms with Crippen LogP contribution in [-0.4, -0.2) is 25.0 Å². The Morgan fingerprint density at radius 2 is 1.55 bits per heavy atom. The van der Waals surface area contributed by atoms with Gasteiger partial charge in [0.2, 0.25) is 0 Å². The number of halogens is 1. The predicted molar refractivity (Wildman–Crippen MR) is 115 cm³/mol. The van der Waals surface area contributed by atoms with Crippen molar-refractivity contribution in [3.05, 3.63) is 101 Å². The minimum Gasteiger partial charge on any atom is -0.460 e. The molecule has 1 atom stereocenters. The zero-order chi connectivity index (χ0) is 22.9. The van der Waals surface area contributed by atoms with Crippen LogP contribution in [-0.2, 0) is 32.7 Å². The number of carbonyl (C=O) groups is 1. The number of benzene rings is 3.